The molecule has 2 heterocycles. The number of hydrogen-bond donors (Lipinski definition) is 2. The van der Waals surface area contributed by atoms with Crippen molar-refractivity contribution in [1.29, 1.82) is 0 Å². The molecule has 0 bridgehead atoms. The fourth-order valence-corrected chi connectivity index (χ4v) is 4.34. The van der Waals surface area contributed by atoms with E-state index >= 15 is 0 Å². The molecule has 2 aromatic heterocycles. The molecule has 34 heavy (non-hydrogen) atoms. The molecule has 0 amide bonds. The first-order valence-electron chi connectivity index (χ1n) is 11.2. The van der Waals surface area contributed by atoms with Gasteiger partial charge in [-0.1, -0.05) is 6.07 Å². The highest BCUT2D eigenvalue weighted by Crippen LogP contribution is 2.30. The maximum Gasteiger partial charge on any atom is 0.309 e. The molecule has 1 aromatic carbocycles. The second kappa shape index (κ2) is 10.9. The SMILES string of the molecule is COCC(COC)n1c(-c2cc(C)c(=O)n(C)c2)nc2ccc(CC[C@H](C(=O)O)[C@@H](C)O)cc21. The topological polar surface area (TPSA) is 116 Å². The third kappa shape index (κ3) is 5.38. The molecule has 3 aromatic rings. The largest absolute Gasteiger partial charge is 0.481 e. The van der Waals surface area contributed by atoms with Crippen LogP contribution in [0.2, 0.25) is 0 Å². The zero-order valence-electron chi connectivity index (χ0n) is 20.3. The smallest absolute Gasteiger partial charge is 0.309 e. The lowest BCUT2D eigenvalue weighted by atomic mass is 9.95. The van der Waals surface area contributed by atoms with Crippen LogP contribution in [0.25, 0.3) is 22.4 Å². The minimum atomic E-state index is -1.01. The summed E-state index contributed by atoms with van der Waals surface area (Å²) in [6.45, 7) is 4.06. The number of aliphatic hydroxyl groups excluding tert-OH is 1. The van der Waals surface area contributed by atoms with E-state index in [-0.39, 0.29) is 11.6 Å². The van der Waals surface area contributed by atoms with Gasteiger partial charge in [-0.3, -0.25) is 9.59 Å². The number of nitrogens with zero attached hydrogens (tertiary/aromatic N) is 3. The molecule has 9 heteroatoms. The lowest BCUT2D eigenvalue weighted by Gasteiger charge is -2.21. The van der Waals surface area contributed by atoms with Crippen molar-refractivity contribution in [3.05, 3.63) is 51.9 Å². The number of aromatic nitrogens is 3. The van der Waals surface area contributed by atoms with Crippen LogP contribution in [0.1, 0.15) is 30.5 Å². The van der Waals surface area contributed by atoms with Crippen molar-refractivity contribution >= 4 is 17.0 Å². The maximum absolute atomic E-state index is 12.3. The standard InChI is InChI=1S/C25H33N3O6/c1-15-10-18(12-27(3)24(15)30)23-26-21-9-7-17(6-8-20(16(2)29)25(31)32)11-22(21)28(23)19(13-33-4)14-34-5/h7,9-12,16,19-20,29H,6,8,13-14H2,1-5H3,(H,31,32)/t16-,20+/m1/s1. The zero-order valence-corrected chi connectivity index (χ0v) is 20.3. The number of fused-ring (bicyclic) bond motifs is 1. The van der Waals surface area contributed by atoms with Crippen LogP contribution in [0, 0.1) is 12.8 Å². The highest BCUT2D eigenvalue weighted by atomic mass is 16.5. The van der Waals surface area contributed by atoms with Crippen LogP contribution in [0.5, 0.6) is 0 Å². The number of ether oxygens (including phenoxy) is 2. The molecule has 3 rings (SSSR count). The van der Waals surface area contributed by atoms with E-state index < -0.39 is 18.0 Å². The highest BCUT2D eigenvalue weighted by Gasteiger charge is 2.24. The number of methoxy groups -OCH3 is 2. The predicted molar refractivity (Wildman–Crippen MR) is 129 cm³/mol. The molecule has 0 saturated carbocycles. The van der Waals surface area contributed by atoms with E-state index in [0.29, 0.717) is 37.4 Å². The fourth-order valence-electron chi connectivity index (χ4n) is 4.34. The summed E-state index contributed by atoms with van der Waals surface area (Å²) in [6, 6.07) is 7.50. The molecule has 0 aliphatic heterocycles. The third-order valence-corrected chi connectivity index (χ3v) is 6.10. The van der Waals surface area contributed by atoms with Crippen molar-refractivity contribution < 1.29 is 24.5 Å². The molecule has 0 radical (unpaired) electrons. The molecule has 184 valence electrons. The Bertz CT molecular complexity index is 1180. The normalized spacial score (nSPS) is 13.5. The van der Waals surface area contributed by atoms with Crippen LogP contribution in [0.15, 0.2) is 35.3 Å². The Morgan fingerprint density at radius 3 is 2.41 bits per heavy atom. The van der Waals surface area contributed by atoms with E-state index in [1.54, 1.807) is 39.0 Å². The van der Waals surface area contributed by atoms with Crippen molar-refractivity contribution in [3.63, 3.8) is 0 Å². The van der Waals surface area contributed by atoms with Crippen molar-refractivity contribution in [1.82, 2.24) is 14.1 Å². The van der Waals surface area contributed by atoms with Crippen LogP contribution in [0.4, 0.5) is 0 Å². The molecule has 0 fully saturated rings. The summed E-state index contributed by atoms with van der Waals surface area (Å²) < 4.78 is 14.6. The summed E-state index contributed by atoms with van der Waals surface area (Å²) in [7, 11) is 4.98. The van der Waals surface area contributed by atoms with Gasteiger partial charge in [0.05, 0.1) is 42.3 Å². The number of aryl methyl sites for hydroxylation is 3. The summed E-state index contributed by atoms with van der Waals surface area (Å²) in [4.78, 5) is 28.6. The van der Waals surface area contributed by atoms with Gasteiger partial charge in [0.2, 0.25) is 0 Å². The van der Waals surface area contributed by atoms with E-state index in [4.69, 9.17) is 14.5 Å². The molecule has 9 nitrogen and oxygen atoms in total. The zero-order chi connectivity index (χ0) is 25.0. The van der Waals surface area contributed by atoms with E-state index in [0.717, 1.165) is 22.2 Å². The van der Waals surface area contributed by atoms with E-state index in [1.165, 1.54) is 6.92 Å². The number of aliphatic hydroxyl groups is 1. The van der Waals surface area contributed by atoms with Crippen molar-refractivity contribution in [2.24, 2.45) is 13.0 Å². The van der Waals surface area contributed by atoms with E-state index in [2.05, 4.69) is 4.57 Å². The van der Waals surface area contributed by atoms with Gasteiger partial charge in [-0.15, -0.1) is 0 Å². The number of carbonyl (C=O) groups is 1. The summed E-state index contributed by atoms with van der Waals surface area (Å²) in [5, 5.41) is 19.2. The number of hydrogen-bond acceptors (Lipinski definition) is 6. The Kier molecular flexibility index (Phi) is 8.24. The Morgan fingerprint density at radius 1 is 1.18 bits per heavy atom. The summed E-state index contributed by atoms with van der Waals surface area (Å²) in [5.74, 6) is -1.15. The Balaban J connectivity index is 2.14. The van der Waals surface area contributed by atoms with Crippen molar-refractivity contribution in [3.8, 4) is 11.4 Å². The number of carboxylic acids is 1. The minimum absolute atomic E-state index is 0.0647. The lowest BCUT2D eigenvalue weighted by molar-refractivity contribution is -0.145. The summed E-state index contributed by atoms with van der Waals surface area (Å²) >= 11 is 0. The van der Waals surface area contributed by atoms with E-state index in [9.17, 15) is 19.8 Å². The number of rotatable bonds is 11. The first-order chi connectivity index (χ1) is 16.2. The Morgan fingerprint density at radius 2 is 1.85 bits per heavy atom. The van der Waals surface area contributed by atoms with Gasteiger partial charge in [0, 0.05) is 38.6 Å². The predicted octanol–water partition coefficient (Wildman–Crippen LogP) is 2.56. The molecule has 0 aliphatic rings. The van der Waals surface area contributed by atoms with Gasteiger partial charge in [-0.05, 0) is 50.5 Å². The molecular weight excluding hydrogens is 438 g/mol. The minimum Gasteiger partial charge on any atom is -0.481 e. The molecule has 2 atom stereocenters. The first kappa shape index (κ1) is 25.6. The molecule has 0 spiro atoms. The van der Waals surface area contributed by atoms with Crippen molar-refractivity contribution in [2.45, 2.75) is 38.8 Å². The van der Waals surface area contributed by atoms with E-state index in [1.807, 2.05) is 24.3 Å². The second-order valence-electron chi connectivity index (χ2n) is 8.74. The lowest BCUT2D eigenvalue weighted by Crippen LogP contribution is -2.26. The van der Waals surface area contributed by atoms with Crippen LogP contribution in [0.3, 0.4) is 0 Å². The fraction of sp³-hybridized carbons (Fsp3) is 0.480. The monoisotopic (exact) mass is 471 g/mol. The summed E-state index contributed by atoms with van der Waals surface area (Å²) in [5.41, 5.74) is 3.93. The molecular formula is C25H33N3O6. The number of benzene rings is 1. The van der Waals surface area contributed by atoms with Gasteiger partial charge in [-0.2, -0.15) is 0 Å². The van der Waals surface area contributed by atoms with Gasteiger partial charge in [0.15, 0.2) is 0 Å². The quantitative estimate of drug-likeness (QED) is 0.442. The molecule has 0 saturated heterocycles. The number of carboxylic acid groups (broad SMARTS) is 1. The first-order valence-corrected chi connectivity index (χ1v) is 11.2. The van der Waals surface area contributed by atoms with Crippen molar-refractivity contribution in [2.75, 3.05) is 27.4 Å². The Labute approximate surface area is 198 Å². The van der Waals surface area contributed by atoms with Crippen LogP contribution >= 0.6 is 0 Å². The second-order valence-corrected chi connectivity index (χ2v) is 8.74. The van der Waals surface area contributed by atoms with Gasteiger partial charge >= 0.3 is 5.97 Å². The van der Waals surface area contributed by atoms with Gasteiger partial charge in [0.1, 0.15) is 5.82 Å². The summed E-state index contributed by atoms with van der Waals surface area (Å²) in [6.07, 6.45) is 1.65. The van der Waals surface area contributed by atoms with Crippen LogP contribution in [-0.2, 0) is 27.7 Å². The van der Waals surface area contributed by atoms with Crippen LogP contribution < -0.4 is 5.56 Å². The average Bonchev–Trinajstić information content (AvgIpc) is 3.15. The maximum atomic E-state index is 12.3. The molecule has 0 aliphatic carbocycles. The average molecular weight is 472 g/mol. The van der Waals surface area contributed by atoms with Gasteiger partial charge < -0.3 is 28.8 Å². The Hall–Kier alpha value is -3.01. The van der Waals surface area contributed by atoms with Gasteiger partial charge in [0.25, 0.3) is 5.56 Å². The third-order valence-electron chi connectivity index (χ3n) is 6.10. The highest BCUT2D eigenvalue weighted by molar-refractivity contribution is 5.81. The number of pyridine rings is 1. The van der Waals surface area contributed by atoms with Gasteiger partial charge in [-0.25, -0.2) is 4.98 Å². The number of aliphatic carboxylic acids is 1. The molecule has 0 unspecified atom stereocenters. The number of imidazole rings is 1. The molecule has 2 N–H and O–H groups in total. The van der Waals surface area contributed by atoms with Crippen LogP contribution in [-0.4, -0.2) is 63.8 Å².